The van der Waals surface area contributed by atoms with Gasteiger partial charge in [0, 0.05) is 29.8 Å². The smallest absolute Gasteiger partial charge is 0.261 e. The molecule has 20 heavy (non-hydrogen) atoms. The number of hydrogen-bond acceptors (Lipinski definition) is 3. The molecule has 0 atom stereocenters. The predicted molar refractivity (Wildman–Crippen MR) is 81.9 cm³/mol. The number of nitrogen functional groups attached to an aromatic ring is 1. The summed E-state index contributed by atoms with van der Waals surface area (Å²) in [5, 5.41) is 0. The minimum atomic E-state index is -0.122. The van der Waals surface area contributed by atoms with E-state index in [1.54, 1.807) is 17.2 Å². The third-order valence-corrected chi connectivity index (χ3v) is 3.18. The van der Waals surface area contributed by atoms with E-state index in [4.69, 9.17) is 5.73 Å². The number of carbonyl (C=O) groups excluding carboxylic acids is 1. The molecule has 1 aromatic heterocycles. The molecular formula is C16H19N3O. The highest BCUT2D eigenvalue weighted by atomic mass is 16.2. The molecule has 0 aliphatic heterocycles. The van der Waals surface area contributed by atoms with Gasteiger partial charge in [0.15, 0.2) is 0 Å². The van der Waals surface area contributed by atoms with E-state index < -0.39 is 0 Å². The van der Waals surface area contributed by atoms with E-state index in [-0.39, 0.29) is 5.91 Å². The van der Waals surface area contributed by atoms with Crippen molar-refractivity contribution in [3.63, 3.8) is 0 Å². The summed E-state index contributed by atoms with van der Waals surface area (Å²) in [6.07, 6.45) is 1.55. The number of nitrogens with two attached hydrogens (primary N) is 1. The summed E-state index contributed by atoms with van der Waals surface area (Å²) in [7, 11) is 0. The van der Waals surface area contributed by atoms with Crippen molar-refractivity contribution in [2.75, 3.05) is 17.2 Å². The number of hydrogen-bond donors (Lipinski definition) is 1. The normalized spacial score (nSPS) is 10.3. The summed E-state index contributed by atoms with van der Waals surface area (Å²) in [4.78, 5) is 18.5. The third kappa shape index (κ3) is 2.79. The van der Waals surface area contributed by atoms with Crippen LogP contribution in [0.2, 0.25) is 0 Å². The molecule has 0 radical (unpaired) electrons. The molecule has 0 fully saturated rings. The van der Waals surface area contributed by atoms with Gasteiger partial charge < -0.3 is 10.6 Å². The van der Waals surface area contributed by atoms with Gasteiger partial charge in [-0.3, -0.25) is 9.78 Å². The van der Waals surface area contributed by atoms with Crippen LogP contribution >= 0.6 is 0 Å². The molecule has 4 heteroatoms. The monoisotopic (exact) mass is 269 g/mol. The highest BCUT2D eigenvalue weighted by Gasteiger charge is 2.18. The van der Waals surface area contributed by atoms with Crippen molar-refractivity contribution >= 4 is 17.3 Å². The number of aromatic nitrogens is 1. The maximum Gasteiger partial charge on any atom is 0.261 e. The number of nitrogens with zero attached hydrogens (tertiary/aromatic N) is 2. The Kier molecular flexibility index (Phi) is 4.03. The number of anilines is 2. The van der Waals surface area contributed by atoms with Crippen LogP contribution in [-0.2, 0) is 0 Å². The van der Waals surface area contributed by atoms with Crippen LogP contribution in [0.3, 0.4) is 0 Å². The van der Waals surface area contributed by atoms with E-state index in [1.807, 2.05) is 45.0 Å². The first-order valence-corrected chi connectivity index (χ1v) is 6.63. The molecule has 2 N–H and O–H groups in total. The van der Waals surface area contributed by atoms with Crippen molar-refractivity contribution in [3.05, 3.63) is 53.3 Å². The van der Waals surface area contributed by atoms with E-state index in [1.165, 1.54) is 0 Å². The Morgan fingerprint density at radius 1 is 1.30 bits per heavy atom. The van der Waals surface area contributed by atoms with E-state index in [2.05, 4.69) is 4.98 Å². The van der Waals surface area contributed by atoms with E-state index in [9.17, 15) is 4.79 Å². The first-order valence-electron chi connectivity index (χ1n) is 6.63. The van der Waals surface area contributed by atoms with Gasteiger partial charge in [-0.15, -0.1) is 0 Å². The molecule has 1 aromatic carbocycles. The molecule has 0 unspecified atom stereocenters. The van der Waals surface area contributed by atoms with Gasteiger partial charge >= 0.3 is 0 Å². The maximum atomic E-state index is 12.6. The number of rotatable bonds is 3. The first-order chi connectivity index (χ1) is 9.52. The summed E-state index contributed by atoms with van der Waals surface area (Å²) in [5.74, 6) is -0.122. The fourth-order valence-electron chi connectivity index (χ4n) is 2.14. The lowest BCUT2D eigenvalue weighted by molar-refractivity contribution is 0.0989. The van der Waals surface area contributed by atoms with Crippen molar-refractivity contribution in [2.24, 2.45) is 0 Å². The summed E-state index contributed by atoms with van der Waals surface area (Å²) < 4.78 is 0. The molecule has 4 nitrogen and oxygen atoms in total. The largest absolute Gasteiger partial charge is 0.398 e. The molecule has 0 aliphatic carbocycles. The lowest BCUT2D eigenvalue weighted by atomic mass is 10.1. The topological polar surface area (TPSA) is 59.2 Å². The van der Waals surface area contributed by atoms with Crippen molar-refractivity contribution < 1.29 is 4.79 Å². The SMILES string of the molecule is CCN(C(=O)c1cnc(C)cc1N)c1cccc(C)c1. The Bertz CT molecular complexity index is 637. The summed E-state index contributed by atoms with van der Waals surface area (Å²) in [6, 6.07) is 9.57. The second-order valence-electron chi connectivity index (χ2n) is 4.80. The van der Waals surface area contributed by atoms with Crippen LogP contribution in [0.5, 0.6) is 0 Å². The van der Waals surface area contributed by atoms with E-state index in [0.717, 1.165) is 16.9 Å². The zero-order chi connectivity index (χ0) is 14.7. The van der Waals surface area contributed by atoms with Crippen LogP contribution in [0, 0.1) is 13.8 Å². The standard InChI is InChI=1S/C16H19N3O/c1-4-19(13-7-5-6-11(2)8-13)16(20)14-10-18-12(3)9-15(14)17/h5-10H,4H2,1-3H3,(H2,17,18). The highest BCUT2D eigenvalue weighted by molar-refractivity contribution is 6.09. The van der Waals surface area contributed by atoms with Crippen molar-refractivity contribution in [3.8, 4) is 0 Å². The minimum absolute atomic E-state index is 0.122. The van der Waals surface area contributed by atoms with Gasteiger partial charge in [0.1, 0.15) is 0 Å². The fraction of sp³-hybridized carbons (Fsp3) is 0.250. The van der Waals surface area contributed by atoms with Crippen molar-refractivity contribution in [1.29, 1.82) is 0 Å². The zero-order valence-corrected chi connectivity index (χ0v) is 12.1. The number of benzene rings is 1. The number of aryl methyl sites for hydroxylation is 2. The lowest BCUT2D eigenvalue weighted by Crippen LogP contribution is -2.31. The zero-order valence-electron chi connectivity index (χ0n) is 12.1. The van der Waals surface area contributed by atoms with Gasteiger partial charge in [0.2, 0.25) is 0 Å². The predicted octanol–water partition coefficient (Wildman–Crippen LogP) is 2.95. The van der Waals surface area contributed by atoms with Gasteiger partial charge in [-0.25, -0.2) is 0 Å². The van der Waals surface area contributed by atoms with Gasteiger partial charge in [-0.2, -0.15) is 0 Å². The van der Waals surface area contributed by atoms with Crippen LogP contribution in [0.25, 0.3) is 0 Å². The van der Waals surface area contributed by atoms with Crippen LogP contribution in [-0.4, -0.2) is 17.4 Å². The number of amides is 1. The van der Waals surface area contributed by atoms with E-state index in [0.29, 0.717) is 17.8 Å². The summed E-state index contributed by atoms with van der Waals surface area (Å²) >= 11 is 0. The molecule has 1 heterocycles. The molecule has 2 aromatic rings. The number of carbonyl (C=O) groups is 1. The Morgan fingerprint density at radius 3 is 2.65 bits per heavy atom. The van der Waals surface area contributed by atoms with Crippen molar-refractivity contribution in [2.45, 2.75) is 20.8 Å². The van der Waals surface area contributed by atoms with Crippen LogP contribution < -0.4 is 10.6 Å². The van der Waals surface area contributed by atoms with Crippen LogP contribution in [0.1, 0.15) is 28.5 Å². The molecule has 0 spiro atoms. The van der Waals surface area contributed by atoms with Gasteiger partial charge in [0.25, 0.3) is 5.91 Å². The van der Waals surface area contributed by atoms with E-state index >= 15 is 0 Å². The summed E-state index contributed by atoms with van der Waals surface area (Å²) in [5.41, 5.74) is 9.64. The molecular weight excluding hydrogens is 250 g/mol. The van der Waals surface area contributed by atoms with Gasteiger partial charge in [-0.1, -0.05) is 12.1 Å². The minimum Gasteiger partial charge on any atom is -0.398 e. The fourth-order valence-corrected chi connectivity index (χ4v) is 2.14. The van der Waals surface area contributed by atoms with Crippen LogP contribution in [0.4, 0.5) is 11.4 Å². The average molecular weight is 269 g/mol. The first kappa shape index (κ1) is 14.1. The van der Waals surface area contributed by atoms with Crippen LogP contribution in [0.15, 0.2) is 36.5 Å². The molecule has 1 amide bonds. The number of pyridine rings is 1. The van der Waals surface area contributed by atoms with Gasteiger partial charge in [0.05, 0.1) is 5.56 Å². The second-order valence-corrected chi connectivity index (χ2v) is 4.80. The molecule has 0 bridgehead atoms. The molecule has 0 saturated heterocycles. The highest BCUT2D eigenvalue weighted by Crippen LogP contribution is 2.21. The molecule has 2 rings (SSSR count). The second kappa shape index (κ2) is 5.74. The Hall–Kier alpha value is -2.36. The average Bonchev–Trinajstić information content (AvgIpc) is 2.39. The quantitative estimate of drug-likeness (QED) is 0.932. The Balaban J connectivity index is 2.39. The molecule has 104 valence electrons. The Morgan fingerprint density at radius 2 is 2.05 bits per heavy atom. The van der Waals surface area contributed by atoms with Crippen molar-refractivity contribution in [1.82, 2.24) is 4.98 Å². The molecule has 0 aliphatic rings. The lowest BCUT2D eigenvalue weighted by Gasteiger charge is -2.22. The maximum absolute atomic E-state index is 12.6. The van der Waals surface area contributed by atoms with Gasteiger partial charge in [-0.05, 0) is 44.5 Å². The molecule has 0 saturated carbocycles. The Labute approximate surface area is 119 Å². The summed E-state index contributed by atoms with van der Waals surface area (Å²) in [6.45, 7) is 6.38. The third-order valence-electron chi connectivity index (χ3n) is 3.18.